The van der Waals surface area contributed by atoms with Gasteiger partial charge in [-0.2, -0.15) is 0 Å². The molecule has 0 unspecified atom stereocenters. The summed E-state index contributed by atoms with van der Waals surface area (Å²) in [6, 6.07) is 5.12. The van der Waals surface area contributed by atoms with Crippen molar-refractivity contribution in [1.82, 2.24) is 0 Å². The number of rotatable bonds is 4. The predicted octanol–water partition coefficient (Wildman–Crippen LogP) is 3.36. The summed E-state index contributed by atoms with van der Waals surface area (Å²) in [5.41, 5.74) is -0.245. The first-order valence-corrected chi connectivity index (χ1v) is 6.09. The Morgan fingerprint density at radius 2 is 2.00 bits per heavy atom. The Morgan fingerprint density at radius 1 is 1.29 bits per heavy atom. The standard InChI is InChI=1S/C14H20O3/c1-14(2,3)17-11-6-7-12(15)13(8-11)16-9-10-4-5-10/h6-8,10,15H,4-5,9H2,1-3H3. The number of hydrogen-bond donors (Lipinski definition) is 1. The van der Waals surface area contributed by atoms with Crippen molar-refractivity contribution in [2.45, 2.75) is 39.2 Å². The Bertz CT molecular complexity index is 389. The summed E-state index contributed by atoms with van der Waals surface area (Å²) < 4.78 is 11.3. The first-order valence-electron chi connectivity index (χ1n) is 6.09. The van der Waals surface area contributed by atoms with Crippen LogP contribution < -0.4 is 9.47 Å². The molecule has 0 aliphatic heterocycles. The number of aromatic hydroxyl groups is 1. The average Bonchev–Trinajstić information content (AvgIpc) is 3.00. The molecule has 0 saturated heterocycles. The van der Waals surface area contributed by atoms with Gasteiger partial charge < -0.3 is 14.6 Å². The molecule has 0 bridgehead atoms. The van der Waals surface area contributed by atoms with Crippen LogP contribution in [0.5, 0.6) is 17.2 Å². The molecule has 1 aromatic rings. The molecule has 2 rings (SSSR count). The van der Waals surface area contributed by atoms with Crippen molar-refractivity contribution in [3.05, 3.63) is 18.2 Å². The van der Waals surface area contributed by atoms with Gasteiger partial charge in [0.05, 0.1) is 6.61 Å². The van der Waals surface area contributed by atoms with Crippen LogP contribution in [0, 0.1) is 5.92 Å². The smallest absolute Gasteiger partial charge is 0.164 e. The Labute approximate surface area is 102 Å². The zero-order valence-corrected chi connectivity index (χ0v) is 10.7. The molecule has 1 aliphatic rings. The molecule has 1 fully saturated rings. The van der Waals surface area contributed by atoms with Crippen LogP contribution in [0.3, 0.4) is 0 Å². The minimum atomic E-state index is -0.245. The lowest BCUT2D eigenvalue weighted by molar-refractivity contribution is 0.130. The lowest BCUT2D eigenvalue weighted by atomic mass is 10.2. The van der Waals surface area contributed by atoms with E-state index in [4.69, 9.17) is 9.47 Å². The number of ether oxygens (including phenoxy) is 2. The molecule has 0 aromatic heterocycles. The Hall–Kier alpha value is -1.38. The van der Waals surface area contributed by atoms with E-state index < -0.39 is 0 Å². The van der Waals surface area contributed by atoms with E-state index in [1.807, 2.05) is 20.8 Å². The first-order chi connectivity index (χ1) is 7.94. The molecular formula is C14H20O3. The van der Waals surface area contributed by atoms with E-state index in [0.717, 1.165) is 5.75 Å². The van der Waals surface area contributed by atoms with Crippen LogP contribution in [-0.2, 0) is 0 Å². The molecule has 1 aliphatic carbocycles. The highest BCUT2D eigenvalue weighted by atomic mass is 16.5. The Kier molecular flexibility index (Phi) is 3.18. The fraction of sp³-hybridized carbons (Fsp3) is 0.571. The van der Waals surface area contributed by atoms with Crippen LogP contribution in [0.15, 0.2) is 18.2 Å². The van der Waals surface area contributed by atoms with Crippen LogP contribution in [0.25, 0.3) is 0 Å². The third kappa shape index (κ3) is 3.84. The molecule has 94 valence electrons. The first kappa shape index (κ1) is 12.1. The van der Waals surface area contributed by atoms with Crippen LogP contribution in [0.1, 0.15) is 33.6 Å². The highest BCUT2D eigenvalue weighted by molar-refractivity contribution is 5.44. The van der Waals surface area contributed by atoms with Gasteiger partial charge in [0.1, 0.15) is 11.4 Å². The molecule has 3 heteroatoms. The minimum Gasteiger partial charge on any atom is -0.504 e. The number of benzene rings is 1. The third-order valence-electron chi connectivity index (χ3n) is 2.53. The van der Waals surface area contributed by atoms with Gasteiger partial charge in [0, 0.05) is 6.07 Å². The molecule has 0 atom stereocenters. The second-order valence-corrected chi connectivity index (χ2v) is 5.60. The van der Waals surface area contributed by atoms with Gasteiger partial charge in [-0.3, -0.25) is 0 Å². The van der Waals surface area contributed by atoms with Gasteiger partial charge in [-0.1, -0.05) is 0 Å². The largest absolute Gasteiger partial charge is 0.504 e. The summed E-state index contributed by atoms with van der Waals surface area (Å²) in [6.07, 6.45) is 2.47. The van der Waals surface area contributed by atoms with E-state index in [0.29, 0.717) is 18.3 Å². The average molecular weight is 236 g/mol. The number of phenols is 1. The molecule has 3 nitrogen and oxygen atoms in total. The molecular weight excluding hydrogens is 216 g/mol. The molecule has 0 radical (unpaired) electrons. The maximum Gasteiger partial charge on any atom is 0.164 e. The second-order valence-electron chi connectivity index (χ2n) is 5.60. The Morgan fingerprint density at radius 3 is 2.59 bits per heavy atom. The summed E-state index contributed by atoms with van der Waals surface area (Å²) >= 11 is 0. The second kappa shape index (κ2) is 4.47. The normalized spacial score (nSPS) is 15.7. The zero-order chi connectivity index (χ0) is 12.5. The molecule has 0 heterocycles. The molecule has 1 N–H and O–H groups in total. The lowest BCUT2D eigenvalue weighted by Crippen LogP contribution is -2.22. The quantitative estimate of drug-likeness (QED) is 0.871. The van der Waals surface area contributed by atoms with Crippen molar-refractivity contribution in [2.75, 3.05) is 6.61 Å². The maximum atomic E-state index is 9.69. The maximum absolute atomic E-state index is 9.69. The summed E-state index contributed by atoms with van der Waals surface area (Å²) in [5, 5.41) is 9.69. The number of hydrogen-bond acceptors (Lipinski definition) is 3. The van der Waals surface area contributed by atoms with Gasteiger partial charge in [-0.25, -0.2) is 0 Å². The number of phenolic OH excluding ortho intramolecular Hbond substituents is 1. The van der Waals surface area contributed by atoms with Crippen LogP contribution in [0.2, 0.25) is 0 Å². The summed E-state index contributed by atoms with van der Waals surface area (Å²) in [6.45, 7) is 6.66. The van der Waals surface area contributed by atoms with E-state index in [-0.39, 0.29) is 11.4 Å². The van der Waals surface area contributed by atoms with Crippen LogP contribution in [-0.4, -0.2) is 17.3 Å². The van der Waals surface area contributed by atoms with Crippen molar-refractivity contribution in [2.24, 2.45) is 5.92 Å². The minimum absolute atomic E-state index is 0.173. The monoisotopic (exact) mass is 236 g/mol. The highest BCUT2D eigenvalue weighted by Gasteiger charge is 2.22. The van der Waals surface area contributed by atoms with Crippen molar-refractivity contribution < 1.29 is 14.6 Å². The van der Waals surface area contributed by atoms with Gasteiger partial charge in [0.2, 0.25) is 0 Å². The van der Waals surface area contributed by atoms with Gasteiger partial charge in [-0.15, -0.1) is 0 Å². The molecule has 1 aromatic carbocycles. The molecule has 17 heavy (non-hydrogen) atoms. The van der Waals surface area contributed by atoms with Crippen molar-refractivity contribution in [3.63, 3.8) is 0 Å². The van der Waals surface area contributed by atoms with E-state index in [9.17, 15) is 5.11 Å². The van der Waals surface area contributed by atoms with Gasteiger partial charge in [0.15, 0.2) is 11.5 Å². The topological polar surface area (TPSA) is 38.7 Å². The van der Waals surface area contributed by atoms with E-state index in [1.54, 1.807) is 18.2 Å². The molecule has 1 saturated carbocycles. The Balaban J connectivity index is 2.05. The van der Waals surface area contributed by atoms with E-state index >= 15 is 0 Å². The van der Waals surface area contributed by atoms with Crippen LogP contribution in [0.4, 0.5) is 0 Å². The highest BCUT2D eigenvalue weighted by Crippen LogP contribution is 2.35. The van der Waals surface area contributed by atoms with E-state index in [2.05, 4.69) is 0 Å². The fourth-order valence-electron chi connectivity index (χ4n) is 1.52. The summed E-state index contributed by atoms with van der Waals surface area (Å²) in [7, 11) is 0. The van der Waals surface area contributed by atoms with Crippen molar-refractivity contribution in [1.29, 1.82) is 0 Å². The lowest BCUT2D eigenvalue weighted by Gasteiger charge is -2.21. The van der Waals surface area contributed by atoms with Crippen molar-refractivity contribution in [3.8, 4) is 17.2 Å². The predicted molar refractivity (Wildman–Crippen MR) is 66.7 cm³/mol. The van der Waals surface area contributed by atoms with Gasteiger partial charge >= 0.3 is 0 Å². The fourth-order valence-corrected chi connectivity index (χ4v) is 1.52. The zero-order valence-electron chi connectivity index (χ0n) is 10.7. The molecule has 0 amide bonds. The summed E-state index contributed by atoms with van der Waals surface area (Å²) in [5.74, 6) is 2.08. The SMILES string of the molecule is CC(C)(C)Oc1ccc(O)c(OCC2CC2)c1. The van der Waals surface area contributed by atoms with Gasteiger partial charge in [0.25, 0.3) is 0 Å². The summed E-state index contributed by atoms with van der Waals surface area (Å²) in [4.78, 5) is 0. The third-order valence-corrected chi connectivity index (χ3v) is 2.53. The van der Waals surface area contributed by atoms with E-state index in [1.165, 1.54) is 12.8 Å². The molecule has 0 spiro atoms. The van der Waals surface area contributed by atoms with Crippen molar-refractivity contribution >= 4 is 0 Å². The van der Waals surface area contributed by atoms with Gasteiger partial charge in [-0.05, 0) is 51.7 Å². The van der Waals surface area contributed by atoms with Crippen LogP contribution >= 0.6 is 0 Å².